The summed E-state index contributed by atoms with van der Waals surface area (Å²) >= 11 is 0. The van der Waals surface area contributed by atoms with Crippen LogP contribution in [0.15, 0.2) is 29.3 Å². The van der Waals surface area contributed by atoms with Gasteiger partial charge in [0.15, 0.2) is 0 Å². The topological polar surface area (TPSA) is 12.4 Å². The van der Waals surface area contributed by atoms with Crippen molar-refractivity contribution in [3.05, 3.63) is 35.4 Å². The van der Waals surface area contributed by atoms with Crippen LogP contribution in [-0.4, -0.2) is 12.3 Å². The minimum atomic E-state index is 0.932. The lowest BCUT2D eigenvalue weighted by Crippen LogP contribution is -1.96. The Labute approximate surface area is 86.9 Å². The molecule has 1 rings (SSSR count). The van der Waals surface area contributed by atoms with Crippen LogP contribution in [0.1, 0.15) is 38.3 Å². The first kappa shape index (κ1) is 11.0. The highest BCUT2D eigenvalue weighted by Gasteiger charge is 1.96. The molecule has 76 valence electrons. The number of nitrogens with zero attached hydrogens (tertiary/aromatic N) is 1. The van der Waals surface area contributed by atoms with Gasteiger partial charge in [-0.15, -0.1) is 0 Å². The fraction of sp³-hybridized carbons (Fsp3) is 0.462. The lowest BCUT2D eigenvalue weighted by Gasteiger charge is -2.02. The molecule has 0 atom stereocenters. The average molecular weight is 189 g/mol. The summed E-state index contributed by atoms with van der Waals surface area (Å²) in [4.78, 5) is 4.49. The molecule has 0 amide bonds. The first-order chi connectivity index (χ1) is 6.77. The molecule has 0 saturated carbocycles. The Kier molecular flexibility index (Phi) is 4.37. The second-order valence-corrected chi connectivity index (χ2v) is 3.52. The minimum absolute atomic E-state index is 0.932. The summed E-state index contributed by atoms with van der Waals surface area (Å²) in [5, 5.41) is 0. The highest BCUT2D eigenvalue weighted by Crippen LogP contribution is 2.06. The van der Waals surface area contributed by atoms with Crippen molar-refractivity contribution in [3.63, 3.8) is 0 Å². The Morgan fingerprint density at radius 1 is 1.14 bits per heavy atom. The molecule has 0 aromatic heterocycles. The van der Waals surface area contributed by atoms with Crippen molar-refractivity contribution < 1.29 is 0 Å². The number of hydrogen-bond acceptors (Lipinski definition) is 1. The maximum atomic E-state index is 4.49. The molecule has 0 bridgehead atoms. The molecule has 14 heavy (non-hydrogen) atoms. The molecular formula is C13H19N. The molecule has 0 radical (unpaired) electrons. The van der Waals surface area contributed by atoms with Gasteiger partial charge in [0.05, 0.1) is 0 Å². The molecule has 1 nitrogen and oxygen atoms in total. The number of benzene rings is 1. The Bertz CT molecular complexity index is 296. The zero-order chi connectivity index (χ0) is 10.4. The van der Waals surface area contributed by atoms with Gasteiger partial charge in [-0.1, -0.05) is 38.1 Å². The molecule has 0 fully saturated rings. The van der Waals surface area contributed by atoms with Gasteiger partial charge in [-0.2, -0.15) is 0 Å². The van der Waals surface area contributed by atoms with Crippen LogP contribution in [0.4, 0.5) is 0 Å². The van der Waals surface area contributed by atoms with Crippen molar-refractivity contribution in [1.82, 2.24) is 0 Å². The third kappa shape index (κ3) is 2.99. The van der Waals surface area contributed by atoms with Crippen LogP contribution in [0.5, 0.6) is 0 Å². The predicted octanol–water partition coefficient (Wildman–Crippen LogP) is 3.47. The van der Waals surface area contributed by atoms with Crippen LogP contribution >= 0.6 is 0 Å². The molecule has 0 spiro atoms. The highest BCUT2D eigenvalue weighted by atomic mass is 14.7. The van der Waals surface area contributed by atoms with Crippen molar-refractivity contribution in [3.8, 4) is 0 Å². The van der Waals surface area contributed by atoms with Crippen LogP contribution < -0.4 is 0 Å². The summed E-state index contributed by atoms with van der Waals surface area (Å²) in [5.74, 6) is 0. The highest BCUT2D eigenvalue weighted by molar-refractivity contribution is 5.98. The van der Waals surface area contributed by atoms with Crippen LogP contribution in [0.2, 0.25) is 0 Å². The van der Waals surface area contributed by atoms with Gasteiger partial charge >= 0.3 is 0 Å². The van der Waals surface area contributed by atoms with Gasteiger partial charge in [-0.3, -0.25) is 4.99 Å². The van der Waals surface area contributed by atoms with Gasteiger partial charge in [0.1, 0.15) is 0 Å². The third-order valence-electron chi connectivity index (χ3n) is 2.35. The summed E-state index contributed by atoms with van der Waals surface area (Å²) in [6.45, 7) is 7.34. The second kappa shape index (κ2) is 5.58. The predicted molar refractivity (Wildman–Crippen MR) is 63.2 cm³/mol. The Balaban J connectivity index is 2.76. The standard InChI is InChI=1S/C13H19N/c1-4-10-14-11(3)13-8-6-12(5-2)7-9-13/h6-9H,4-5,10H2,1-3H3/b14-11+. The molecule has 0 saturated heterocycles. The van der Waals surface area contributed by atoms with E-state index >= 15 is 0 Å². The summed E-state index contributed by atoms with van der Waals surface area (Å²) in [6, 6.07) is 8.68. The van der Waals surface area contributed by atoms with Gasteiger partial charge in [0, 0.05) is 12.3 Å². The van der Waals surface area contributed by atoms with Crippen molar-refractivity contribution in [1.29, 1.82) is 0 Å². The van der Waals surface area contributed by atoms with E-state index in [1.165, 1.54) is 11.1 Å². The van der Waals surface area contributed by atoms with E-state index < -0.39 is 0 Å². The Hall–Kier alpha value is -1.11. The maximum absolute atomic E-state index is 4.49. The van der Waals surface area contributed by atoms with E-state index in [0.29, 0.717) is 0 Å². The zero-order valence-electron chi connectivity index (χ0n) is 9.38. The van der Waals surface area contributed by atoms with Crippen LogP contribution in [0.3, 0.4) is 0 Å². The molecule has 0 heterocycles. The van der Waals surface area contributed by atoms with E-state index in [2.05, 4.69) is 50.0 Å². The van der Waals surface area contributed by atoms with E-state index in [1.54, 1.807) is 0 Å². The molecule has 0 aliphatic rings. The van der Waals surface area contributed by atoms with Crippen molar-refractivity contribution in [2.45, 2.75) is 33.6 Å². The number of hydrogen-bond donors (Lipinski definition) is 0. The van der Waals surface area contributed by atoms with Crippen LogP contribution in [-0.2, 0) is 6.42 Å². The Morgan fingerprint density at radius 2 is 1.79 bits per heavy atom. The fourth-order valence-electron chi connectivity index (χ4n) is 1.35. The fourth-order valence-corrected chi connectivity index (χ4v) is 1.35. The smallest absolute Gasteiger partial charge is 0.0390 e. The van der Waals surface area contributed by atoms with Gasteiger partial charge in [0.2, 0.25) is 0 Å². The summed E-state index contributed by atoms with van der Waals surface area (Å²) in [7, 11) is 0. The molecule has 1 aromatic carbocycles. The summed E-state index contributed by atoms with van der Waals surface area (Å²) in [5.41, 5.74) is 3.78. The molecule has 1 heteroatoms. The van der Waals surface area contributed by atoms with Gasteiger partial charge in [-0.25, -0.2) is 0 Å². The molecule has 0 aliphatic carbocycles. The van der Waals surface area contributed by atoms with Crippen LogP contribution in [0.25, 0.3) is 0 Å². The van der Waals surface area contributed by atoms with Crippen molar-refractivity contribution >= 4 is 5.71 Å². The van der Waals surface area contributed by atoms with Gasteiger partial charge < -0.3 is 0 Å². The second-order valence-electron chi connectivity index (χ2n) is 3.52. The SMILES string of the molecule is CCC/N=C(\C)c1ccc(CC)cc1. The summed E-state index contributed by atoms with van der Waals surface area (Å²) in [6.07, 6.45) is 2.22. The van der Waals surface area contributed by atoms with E-state index in [4.69, 9.17) is 0 Å². The number of rotatable bonds is 4. The van der Waals surface area contributed by atoms with E-state index in [-0.39, 0.29) is 0 Å². The van der Waals surface area contributed by atoms with Crippen LogP contribution in [0, 0.1) is 0 Å². The normalized spacial score (nSPS) is 11.8. The molecule has 1 aromatic rings. The molecule has 0 aliphatic heterocycles. The van der Waals surface area contributed by atoms with Gasteiger partial charge in [0.25, 0.3) is 0 Å². The molecule has 0 N–H and O–H groups in total. The third-order valence-corrected chi connectivity index (χ3v) is 2.35. The summed E-state index contributed by atoms with van der Waals surface area (Å²) < 4.78 is 0. The first-order valence-electron chi connectivity index (χ1n) is 5.38. The molecule has 0 unspecified atom stereocenters. The quantitative estimate of drug-likeness (QED) is 0.643. The lowest BCUT2D eigenvalue weighted by molar-refractivity contribution is 0.931. The maximum Gasteiger partial charge on any atom is 0.0390 e. The monoisotopic (exact) mass is 189 g/mol. The number of aryl methyl sites for hydroxylation is 1. The van der Waals surface area contributed by atoms with E-state index in [9.17, 15) is 0 Å². The average Bonchev–Trinajstić information content (AvgIpc) is 2.26. The van der Waals surface area contributed by atoms with E-state index in [1.807, 2.05) is 0 Å². The minimum Gasteiger partial charge on any atom is -0.289 e. The van der Waals surface area contributed by atoms with Crippen molar-refractivity contribution in [2.24, 2.45) is 4.99 Å². The largest absolute Gasteiger partial charge is 0.289 e. The van der Waals surface area contributed by atoms with Gasteiger partial charge in [-0.05, 0) is 30.9 Å². The zero-order valence-corrected chi connectivity index (χ0v) is 9.38. The number of aliphatic imine (C=N–C) groups is 1. The lowest BCUT2D eigenvalue weighted by atomic mass is 10.1. The molecular weight excluding hydrogens is 170 g/mol. The van der Waals surface area contributed by atoms with E-state index in [0.717, 1.165) is 25.1 Å². The van der Waals surface area contributed by atoms with Crippen molar-refractivity contribution in [2.75, 3.05) is 6.54 Å². The first-order valence-corrected chi connectivity index (χ1v) is 5.38. The Morgan fingerprint density at radius 3 is 2.29 bits per heavy atom.